The molecule has 4 atom stereocenters. The molecule has 0 radical (unpaired) electrons. The number of nitrogens with two attached hydrogens (primary N) is 1. The van der Waals surface area contributed by atoms with Crippen LogP contribution in [0.5, 0.6) is 0 Å². The molecule has 11 nitrogen and oxygen atoms in total. The Labute approximate surface area is 154 Å². The third-order valence-electron chi connectivity index (χ3n) is 4.35. The Hall–Kier alpha value is -2.63. The number of ether oxygens (including phenoxy) is 3. The van der Waals surface area contributed by atoms with Crippen molar-refractivity contribution in [2.24, 2.45) is 0 Å². The smallest absolute Gasteiger partial charge is 0.306 e. The normalized spacial score (nSPS) is 25.0. The first-order valence-electron chi connectivity index (χ1n) is 8.37. The minimum atomic E-state index is -0.860. The van der Waals surface area contributed by atoms with Gasteiger partial charge < -0.3 is 29.8 Å². The van der Waals surface area contributed by atoms with E-state index in [2.05, 4.69) is 15.0 Å². The van der Waals surface area contributed by atoms with Gasteiger partial charge in [0.15, 0.2) is 23.8 Å². The Kier molecular flexibility index (Phi) is 5.63. The van der Waals surface area contributed by atoms with Crippen LogP contribution in [0.3, 0.4) is 0 Å². The number of aromatic nitrogens is 4. The van der Waals surface area contributed by atoms with Crippen molar-refractivity contribution in [3.05, 3.63) is 12.7 Å². The third kappa shape index (κ3) is 3.75. The highest BCUT2D eigenvalue weighted by molar-refractivity contribution is 5.81. The lowest BCUT2D eigenvalue weighted by molar-refractivity contribution is -0.158. The molecule has 1 aliphatic rings. The van der Waals surface area contributed by atoms with Crippen LogP contribution in [0, 0.1) is 0 Å². The zero-order chi connectivity index (χ0) is 19.6. The topological polar surface area (TPSA) is 152 Å². The zero-order valence-electron chi connectivity index (χ0n) is 14.9. The molecule has 1 aliphatic heterocycles. The Bertz CT molecular complexity index is 840. The summed E-state index contributed by atoms with van der Waals surface area (Å²) in [5, 5.41) is 9.66. The maximum Gasteiger partial charge on any atom is 0.306 e. The SMILES string of the molecule is CO[C@@H]1[C@H](OC(=O)CCC(C)=O)[C@@H](CO)O[C@H]1n1cnc2c(N)ncnc21. The molecule has 0 amide bonds. The van der Waals surface area contributed by atoms with Crippen molar-refractivity contribution in [2.75, 3.05) is 19.5 Å². The summed E-state index contributed by atoms with van der Waals surface area (Å²) in [4.78, 5) is 35.4. The van der Waals surface area contributed by atoms with Gasteiger partial charge in [-0.1, -0.05) is 0 Å². The Balaban J connectivity index is 1.85. The molecule has 0 unspecified atom stereocenters. The number of ketones is 1. The summed E-state index contributed by atoms with van der Waals surface area (Å²) in [5.41, 5.74) is 6.63. The second-order valence-corrected chi connectivity index (χ2v) is 6.19. The van der Waals surface area contributed by atoms with E-state index in [0.717, 1.165) is 0 Å². The maximum atomic E-state index is 12.1. The first kappa shape index (κ1) is 19.1. The van der Waals surface area contributed by atoms with Crippen molar-refractivity contribution in [1.82, 2.24) is 19.5 Å². The van der Waals surface area contributed by atoms with Gasteiger partial charge in [0.25, 0.3) is 0 Å². The van der Waals surface area contributed by atoms with E-state index in [1.165, 1.54) is 26.7 Å². The average molecular weight is 379 g/mol. The number of methoxy groups -OCH3 is 1. The average Bonchev–Trinajstić information content (AvgIpc) is 3.21. The van der Waals surface area contributed by atoms with Gasteiger partial charge in [0.1, 0.15) is 29.8 Å². The van der Waals surface area contributed by atoms with Gasteiger partial charge in [-0.15, -0.1) is 0 Å². The first-order valence-corrected chi connectivity index (χ1v) is 8.37. The summed E-state index contributed by atoms with van der Waals surface area (Å²) in [6, 6.07) is 0. The van der Waals surface area contributed by atoms with Crippen molar-refractivity contribution in [1.29, 1.82) is 0 Å². The van der Waals surface area contributed by atoms with E-state index >= 15 is 0 Å². The molecular formula is C16H21N5O6. The number of hydrogen-bond acceptors (Lipinski definition) is 10. The summed E-state index contributed by atoms with van der Waals surface area (Å²) < 4.78 is 18.4. The van der Waals surface area contributed by atoms with Gasteiger partial charge in [-0.25, -0.2) is 15.0 Å². The van der Waals surface area contributed by atoms with Gasteiger partial charge in [-0.3, -0.25) is 9.36 Å². The fourth-order valence-corrected chi connectivity index (χ4v) is 3.02. The van der Waals surface area contributed by atoms with Crippen LogP contribution in [0.2, 0.25) is 0 Å². The van der Waals surface area contributed by atoms with Gasteiger partial charge >= 0.3 is 5.97 Å². The minimum Gasteiger partial charge on any atom is -0.456 e. The number of Topliss-reactive ketones (excluding diaryl/α,β-unsaturated/α-hetero) is 1. The van der Waals surface area contributed by atoms with E-state index in [1.807, 2.05) is 0 Å². The third-order valence-corrected chi connectivity index (χ3v) is 4.35. The van der Waals surface area contributed by atoms with E-state index in [9.17, 15) is 14.7 Å². The number of nitrogens with zero attached hydrogens (tertiary/aromatic N) is 4. The number of imidazole rings is 1. The highest BCUT2D eigenvalue weighted by Crippen LogP contribution is 2.35. The summed E-state index contributed by atoms with van der Waals surface area (Å²) >= 11 is 0. The molecule has 27 heavy (non-hydrogen) atoms. The number of anilines is 1. The van der Waals surface area contributed by atoms with Crippen LogP contribution in [-0.2, 0) is 23.8 Å². The Morgan fingerprint density at radius 1 is 1.30 bits per heavy atom. The van der Waals surface area contributed by atoms with Gasteiger partial charge in [-0.05, 0) is 6.92 Å². The van der Waals surface area contributed by atoms with Crippen LogP contribution >= 0.6 is 0 Å². The van der Waals surface area contributed by atoms with Crippen LogP contribution in [0.1, 0.15) is 26.0 Å². The van der Waals surface area contributed by atoms with Gasteiger partial charge in [0.2, 0.25) is 0 Å². The van der Waals surface area contributed by atoms with E-state index < -0.39 is 30.5 Å². The van der Waals surface area contributed by atoms with Gasteiger partial charge in [0, 0.05) is 13.5 Å². The van der Waals surface area contributed by atoms with Gasteiger partial charge in [0.05, 0.1) is 19.4 Å². The molecule has 0 aliphatic carbocycles. The number of carbonyl (C=O) groups is 2. The van der Waals surface area contributed by atoms with Crippen molar-refractivity contribution >= 4 is 28.7 Å². The molecule has 2 aromatic heterocycles. The summed E-state index contributed by atoms with van der Waals surface area (Å²) in [5.74, 6) is -0.463. The summed E-state index contributed by atoms with van der Waals surface area (Å²) in [6.07, 6.45) is -0.341. The molecule has 3 rings (SSSR count). The second-order valence-electron chi connectivity index (χ2n) is 6.19. The molecule has 0 saturated carbocycles. The van der Waals surface area contributed by atoms with E-state index in [1.54, 1.807) is 4.57 Å². The van der Waals surface area contributed by atoms with Crippen LogP contribution in [0.25, 0.3) is 11.2 Å². The number of nitrogen functional groups attached to an aromatic ring is 1. The molecule has 11 heteroatoms. The minimum absolute atomic E-state index is 0.0527. The number of aliphatic hydroxyl groups is 1. The molecule has 0 spiro atoms. The number of hydrogen-bond donors (Lipinski definition) is 2. The second kappa shape index (κ2) is 7.94. The van der Waals surface area contributed by atoms with E-state index in [-0.39, 0.29) is 31.0 Å². The Morgan fingerprint density at radius 2 is 2.07 bits per heavy atom. The Morgan fingerprint density at radius 3 is 2.74 bits per heavy atom. The lowest BCUT2D eigenvalue weighted by atomic mass is 10.1. The predicted octanol–water partition coefficient (Wildman–Crippen LogP) is -0.406. The standard InChI is InChI=1S/C16H21N5O6/c1-8(23)3-4-10(24)27-12-9(5-22)26-16(13(12)25-2)21-7-20-11-14(17)18-6-19-15(11)21/h6-7,9,12-13,16,22H,3-5H2,1-2H3,(H2,17,18,19)/t9-,12-,13-,16-/m1/s1. The van der Waals surface area contributed by atoms with Crippen molar-refractivity contribution in [2.45, 2.75) is 44.3 Å². The molecule has 3 heterocycles. The lowest BCUT2D eigenvalue weighted by Crippen LogP contribution is -2.39. The fraction of sp³-hybridized carbons (Fsp3) is 0.562. The van der Waals surface area contributed by atoms with Gasteiger partial charge in [-0.2, -0.15) is 0 Å². The highest BCUT2D eigenvalue weighted by atomic mass is 16.6. The number of rotatable bonds is 7. The molecule has 2 aromatic rings. The quantitative estimate of drug-likeness (QED) is 0.607. The van der Waals surface area contributed by atoms with Crippen LogP contribution in [0.4, 0.5) is 5.82 Å². The zero-order valence-corrected chi connectivity index (χ0v) is 14.9. The molecule has 3 N–H and O–H groups in total. The first-order chi connectivity index (χ1) is 13.0. The number of aliphatic hydroxyl groups excluding tert-OH is 1. The molecule has 1 saturated heterocycles. The highest BCUT2D eigenvalue weighted by Gasteiger charge is 2.48. The monoisotopic (exact) mass is 379 g/mol. The van der Waals surface area contributed by atoms with Crippen LogP contribution in [-0.4, -0.2) is 68.4 Å². The van der Waals surface area contributed by atoms with Crippen molar-refractivity contribution in [3.63, 3.8) is 0 Å². The van der Waals surface area contributed by atoms with Crippen molar-refractivity contribution < 1.29 is 28.9 Å². The summed E-state index contributed by atoms with van der Waals surface area (Å²) in [6.45, 7) is 1.01. The molecule has 146 valence electrons. The predicted molar refractivity (Wildman–Crippen MR) is 91.3 cm³/mol. The van der Waals surface area contributed by atoms with Crippen LogP contribution in [0.15, 0.2) is 12.7 Å². The number of esters is 1. The van der Waals surface area contributed by atoms with E-state index in [4.69, 9.17) is 19.9 Å². The van der Waals surface area contributed by atoms with Crippen molar-refractivity contribution in [3.8, 4) is 0 Å². The number of carbonyl (C=O) groups excluding carboxylic acids is 2. The summed E-state index contributed by atoms with van der Waals surface area (Å²) in [7, 11) is 1.44. The number of fused-ring (bicyclic) bond motifs is 1. The fourth-order valence-electron chi connectivity index (χ4n) is 3.02. The van der Waals surface area contributed by atoms with Crippen LogP contribution < -0.4 is 5.73 Å². The van der Waals surface area contributed by atoms with E-state index in [0.29, 0.717) is 11.2 Å². The largest absolute Gasteiger partial charge is 0.456 e. The lowest BCUT2D eigenvalue weighted by Gasteiger charge is -2.23. The molecule has 0 aromatic carbocycles. The molecular weight excluding hydrogens is 358 g/mol. The molecule has 0 bridgehead atoms. The maximum absolute atomic E-state index is 12.1. The molecule has 1 fully saturated rings.